The molecular formula is C22H30N5O4P. The molecule has 2 amide bonds. The summed E-state index contributed by atoms with van der Waals surface area (Å²) in [7, 11) is -4.52. The predicted molar refractivity (Wildman–Crippen MR) is 127 cm³/mol. The molecule has 2 heterocycles. The lowest BCUT2D eigenvalue weighted by atomic mass is 10.1. The highest BCUT2D eigenvalue weighted by Crippen LogP contribution is 2.51. The fourth-order valence-corrected chi connectivity index (χ4v) is 4.81. The number of benzene rings is 1. The first kappa shape index (κ1) is 23.8. The number of rotatable bonds is 8. The van der Waals surface area contributed by atoms with Crippen molar-refractivity contribution in [2.45, 2.75) is 39.4 Å². The van der Waals surface area contributed by atoms with Crippen molar-refractivity contribution in [2.24, 2.45) is 0 Å². The molecule has 0 saturated carbocycles. The maximum Gasteiger partial charge on any atom is 0.348 e. The van der Waals surface area contributed by atoms with E-state index >= 15 is 0 Å². The average molecular weight is 459 g/mol. The Morgan fingerprint density at radius 2 is 1.84 bits per heavy atom. The lowest BCUT2D eigenvalue weighted by Crippen LogP contribution is -2.38. The standard InChI is InChI=1S/C22H30N5O4P/c1-4-10-20(32(29,30)31)27-18(16-11-8-7-9-12-16)15-23-17-13-14-19(24-21(17)27)25-22(28)26(5-2)6-3/h7-9,11-15,20,23H,4-6,10H2,1-3H3,(H,24,25,28)(H2,29,30,31). The molecule has 1 aromatic heterocycles. The Kier molecular flexibility index (Phi) is 7.56. The molecule has 0 saturated heterocycles. The first-order valence-electron chi connectivity index (χ1n) is 10.7. The number of carbonyl (C=O) groups is 1. The van der Waals surface area contributed by atoms with Crippen LogP contribution < -0.4 is 15.5 Å². The molecule has 32 heavy (non-hydrogen) atoms. The van der Waals surface area contributed by atoms with E-state index in [9.17, 15) is 19.1 Å². The van der Waals surface area contributed by atoms with Crippen LogP contribution in [0.2, 0.25) is 0 Å². The van der Waals surface area contributed by atoms with Crippen LogP contribution in [0.3, 0.4) is 0 Å². The van der Waals surface area contributed by atoms with Crippen LogP contribution in [0, 0.1) is 0 Å². The normalized spacial score (nSPS) is 14.2. The number of nitrogens with one attached hydrogen (secondary N) is 2. The summed E-state index contributed by atoms with van der Waals surface area (Å²) in [6, 6.07) is 12.5. The van der Waals surface area contributed by atoms with Crippen LogP contribution in [0.1, 0.15) is 39.2 Å². The third-order valence-corrected chi connectivity index (χ3v) is 6.58. The van der Waals surface area contributed by atoms with E-state index in [0.29, 0.717) is 42.5 Å². The molecule has 10 heteroatoms. The Morgan fingerprint density at radius 3 is 2.44 bits per heavy atom. The first-order chi connectivity index (χ1) is 15.3. The highest BCUT2D eigenvalue weighted by atomic mass is 31.2. The second-order valence-electron chi connectivity index (χ2n) is 7.44. The molecule has 4 N–H and O–H groups in total. The molecule has 0 aliphatic carbocycles. The topological polar surface area (TPSA) is 118 Å². The number of fused-ring (bicyclic) bond motifs is 1. The van der Waals surface area contributed by atoms with Crippen LogP contribution in [0.15, 0.2) is 48.7 Å². The number of aromatic nitrogens is 1. The summed E-state index contributed by atoms with van der Waals surface area (Å²) in [6.07, 6.45) is 2.58. The fourth-order valence-electron chi connectivity index (χ4n) is 3.68. The number of anilines is 3. The number of nitrogens with zero attached hydrogens (tertiary/aromatic N) is 3. The Balaban J connectivity index is 2.09. The quantitative estimate of drug-likeness (QED) is 0.430. The van der Waals surface area contributed by atoms with Crippen molar-refractivity contribution in [3.8, 4) is 0 Å². The van der Waals surface area contributed by atoms with Gasteiger partial charge in [0, 0.05) is 19.3 Å². The maximum absolute atomic E-state index is 12.5. The van der Waals surface area contributed by atoms with Gasteiger partial charge in [-0.1, -0.05) is 43.7 Å². The molecule has 0 radical (unpaired) electrons. The summed E-state index contributed by atoms with van der Waals surface area (Å²) in [5, 5.41) is 5.96. The predicted octanol–water partition coefficient (Wildman–Crippen LogP) is 4.49. The molecule has 3 rings (SSSR count). The highest BCUT2D eigenvalue weighted by Gasteiger charge is 2.39. The average Bonchev–Trinajstić information content (AvgIpc) is 2.77. The zero-order chi connectivity index (χ0) is 23.3. The van der Waals surface area contributed by atoms with Gasteiger partial charge in [-0.05, 0) is 38.0 Å². The van der Waals surface area contributed by atoms with Crippen molar-refractivity contribution in [1.82, 2.24) is 9.88 Å². The molecule has 0 fully saturated rings. The van der Waals surface area contributed by atoms with Crippen molar-refractivity contribution in [3.05, 3.63) is 54.2 Å². The van der Waals surface area contributed by atoms with E-state index in [-0.39, 0.29) is 12.5 Å². The summed E-state index contributed by atoms with van der Waals surface area (Å²) in [5.74, 6) is -0.436. The van der Waals surface area contributed by atoms with E-state index < -0.39 is 13.4 Å². The third kappa shape index (κ3) is 5.12. The zero-order valence-corrected chi connectivity index (χ0v) is 19.4. The fraction of sp³-hybridized carbons (Fsp3) is 0.364. The second-order valence-corrected chi connectivity index (χ2v) is 9.21. The second kappa shape index (κ2) is 10.2. The minimum Gasteiger partial charge on any atom is -0.357 e. The number of hydrogen-bond acceptors (Lipinski definition) is 5. The smallest absolute Gasteiger partial charge is 0.348 e. The zero-order valence-electron chi connectivity index (χ0n) is 18.5. The van der Waals surface area contributed by atoms with E-state index in [1.807, 2.05) is 51.1 Å². The summed E-state index contributed by atoms with van der Waals surface area (Å²) < 4.78 is 12.5. The van der Waals surface area contributed by atoms with Gasteiger partial charge in [0.15, 0.2) is 5.82 Å². The van der Waals surface area contributed by atoms with Crippen LogP contribution in [0.25, 0.3) is 5.70 Å². The molecule has 9 nitrogen and oxygen atoms in total. The van der Waals surface area contributed by atoms with E-state index in [0.717, 1.165) is 5.56 Å². The van der Waals surface area contributed by atoms with Gasteiger partial charge < -0.3 is 24.9 Å². The number of urea groups is 1. The van der Waals surface area contributed by atoms with E-state index in [4.69, 9.17) is 0 Å². The largest absolute Gasteiger partial charge is 0.357 e. The van der Waals surface area contributed by atoms with Crippen molar-refractivity contribution in [2.75, 3.05) is 28.6 Å². The van der Waals surface area contributed by atoms with Crippen LogP contribution in [-0.2, 0) is 4.57 Å². The monoisotopic (exact) mass is 459 g/mol. The summed E-state index contributed by atoms with van der Waals surface area (Å²) >= 11 is 0. The van der Waals surface area contributed by atoms with Gasteiger partial charge in [0.25, 0.3) is 0 Å². The Hall–Kier alpha value is -2.87. The molecule has 1 atom stereocenters. The number of carbonyl (C=O) groups excluding carboxylic acids is 1. The van der Waals surface area contributed by atoms with Gasteiger partial charge in [-0.3, -0.25) is 9.88 Å². The third-order valence-electron chi connectivity index (χ3n) is 5.32. The SMILES string of the molecule is CCCC(N1C(c2ccccc2)=CNc2ccc(NC(=O)N(CC)CC)nc21)P(=O)(O)O. The first-order valence-corrected chi connectivity index (χ1v) is 12.4. The summed E-state index contributed by atoms with van der Waals surface area (Å²) in [5.41, 5.74) is 1.99. The minimum atomic E-state index is -4.52. The van der Waals surface area contributed by atoms with Crippen LogP contribution in [-0.4, -0.2) is 44.6 Å². The molecule has 1 unspecified atom stereocenters. The highest BCUT2D eigenvalue weighted by molar-refractivity contribution is 7.52. The molecule has 0 spiro atoms. The van der Waals surface area contributed by atoms with E-state index in [2.05, 4.69) is 15.6 Å². The van der Waals surface area contributed by atoms with Crippen LogP contribution in [0.4, 0.5) is 22.1 Å². The van der Waals surface area contributed by atoms with E-state index in [1.165, 1.54) is 0 Å². The van der Waals surface area contributed by atoms with Gasteiger partial charge in [0.2, 0.25) is 0 Å². The van der Waals surface area contributed by atoms with Gasteiger partial charge in [0.1, 0.15) is 11.6 Å². The summed E-state index contributed by atoms with van der Waals surface area (Å²) in [4.78, 5) is 40.8. The van der Waals surface area contributed by atoms with Gasteiger partial charge in [-0.15, -0.1) is 0 Å². The van der Waals surface area contributed by atoms with Crippen molar-refractivity contribution >= 4 is 36.6 Å². The van der Waals surface area contributed by atoms with Crippen molar-refractivity contribution in [1.29, 1.82) is 0 Å². The molecule has 2 aromatic rings. The lowest BCUT2D eigenvalue weighted by Gasteiger charge is -2.38. The molecule has 1 aromatic carbocycles. The van der Waals surface area contributed by atoms with Crippen molar-refractivity contribution < 1.29 is 19.1 Å². The minimum absolute atomic E-state index is 0.269. The Bertz CT molecular complexity index is 1020. The molecule has 0 bridgehead atoms. The van der Waals surface area contributed by atoms with E-state index in [1.54, 1.807) is 28.1 Å². The molecular weight excluding hydrogens is 429 g/mol. The number of amides is 2. The van der Waals surface area contributed by atoms with Gasteiger partial charge in [-0.25, -0.2) is 9.78 Å². The Morgan fingerprint density at radius 1 is 1.16 bits per heavy atom. The maximum atomic E-state index is 12.5. The number of pyridine rings is 1. The lowest BCUT2D eigenvalue weighted by molar-refractivity contribution is 0.217. The van der Waals surface area contributed by atoms with Gasteiger partial charge in [0.05, 0.1) is 11.4 Å². The molecule has 1 aliphatic rings. The van der Waals surface area contributed by atoms with Crippen LogP contribution >= 0.6 is 7.60 Å². The summed E-state index contributed by atoms with van der Waals surface area (Å²) in [6.45, 7) is 6.77. The van der Waals surface area contributed by atoms with Crippen LogP contribution in [0.5, 0.6) is 0 Å². The van der Waals surface area contributed by atoms with Gasteiger partial charge >= 0.3 is 13.6 Å². The number of hydrogen-bond donors (Lipinski definition) is 4. The van der Waals surface area contributed by atoms with Crippen molar-refractivity contribution in [3.63, 3.8) is 0 Å². The van der Waals surface area contributed by atoms with Gasteiger partial charge in [-0.2, -0.15) is 0 Å². The molecule has 172 valence electrons. The Labute approximate surface area is 188 Å². The molecule has 1 aliphatic heterocycles.